The molecule has 2 heterocycles. The molecule has 1 aliphatic rings. The summed E-state index contributed by atoms with van der Waals surface area (Å²) in [6.07, 6.45) is 1.55. The smallest absolute Gasteiger partial charge is 0.215 e. The summed E-state index contributed by atoms with van der Waals surface area (Å²) < 4.78 is 16.5. The second-order valence-electron chi connectivity index (χ2n) is 4.19. The zero-order valence-electron chi connectivity index (χ0n) is 11.5. The van der Waals surface area contributed by atoms with Crippen LogP contribution in [-0.2, 0) is 9.47 Å². The van der Waals surface area contributed by atoms with Gasteiger partial charge >= 0.3 is 0 Å². The number of hydrogen-bond acceptors (Lipinski definition) is 5. The number of nitrogens with zero attached hydrogens (tertiary/aromatic N) is 1. The Morgan fingerprint density at radius 3 is 2.78 bits per heavy atom. The van der Waals surface area contributed by atoms with Crippen LogP contribution in [0.15, 0.2) is 18.3 Å². The Hall–Kier alpha value is -1.33. The van der Waals surface area contributed by atoms with Crippen molar-refractivity contribution in [3.05, 3.63) is 18.3 Å². The molecule has 1 saturated heterocycles. The summed E-state index contributed by atoms with van der Waals surface area (Å²) in [7, 11) is 0. The molecule has 1 unspecified atom stereocenters. The number of rotatable bonds is 3. The molecular weight excluding hydrogens is 232 g/mol. The SMILES string of the molecule is CC.CC1(C)OCC(COc2cc(N)ccn2)O1. The lowest BCUT2D eigenvalue weighted by atomic mass is 10.4. The average molecular weight is 254 g/mol. The zero-order valence-corrected chi connectivity index (χ0v) is 11.5. The van der Waals surface area contributed by atoms with E-state index in [0.717, 1.165) is 0 Å². The largest absolute Gasteiger partial charge is 0.475 e. The molecule has 18 heavy (non-hydrogen) atoms. The van der Waals surface area contributed by atoms with Crippen molar-refractivity contribution in [3.63, 3.8) is 0 Å². The minimum Gasteiger partial charge on any atom is -0.475 e. The van der Waals surface area contributed by atoms with Gasteiger partial charge in [0.15, 0.2) is 5.79 Å². The van der Waals surface area contributed by atoms with Crippen molar-refractivity contribution in [2.45, 2.75) is 39.6 Å². The highest BCUT2D eigenvalue weighted by molar-refractivity contribution is 5.39. The van der Waals surface area contributed by atoms with E-state index >= 15 is 0 Å². The Morgan fingerprint density at radius 1 is 1.50 bits per heavy atom. The molecule has 0 saturated carbocycles. The summed E-state index contributed by atoms with van der Waals surface area (Å²) in [6, 6.07) is 3.39. The lowest BCUT2D eigenvalue weighted by Gasteiger charge is -2.17. The first-order valence-corrected chi connectivity index (χ1v) is 6.21. The van der Waals surface area contributed by atoms with Crippen molar-refractivity contribution >= 4 is 5.69 Å². The molecule has 1 aliphatic heterocycles. The zero-order chi connectivity index (χ0) is 13.6. The topological polar surface area (TPSA) is 66.6 Å². The molecule has 2 N–H and O–H groups in total. The third kappa shape index (κ3) is 4.50. The van der Waals surface area contributed by atoms with Crippen LogP contribution in [0.25, 0.3) is 0 Å². The molecular formula is C13H22N2O3. The summed E-state index contributed by atoms with van der Waals surface area (Å²) in [5.41, 5.74) is 6.24. The van der Waals surface area contributed by atoms with Gasteiger partial charge in [0.1, 0.15) is 12.7 Å². The maximum Gasteiger partial charge on any atom is 0.215 e. The van der Waals surface area contributed by atoms with Crippen LogP contribution in [0.2, 0.25) is 0 Å². The van der Waals surface area contributed by atoms with Crippen molar-refractivity contribution in [2.24, 2.45) is 0 Å². The quantitative estimate of drug-likeness (QED) is 0.895. The lowest BCUT2D eigenvalue weighted by Crippen LogP contribution is -2.25. The number of nitrogens with two attached hydrogens (primary N) is 1. The number of ether oxygens (including phenoxy) is 3. The second kappa shape index (κ2) is 6.56. The predicted molar refractivity (Wildman–Crippen MR) is 70.4 cm³/mol. The highest BCUT2D eigenvalue weighted by atomic mass is 16.7. The monoisotopic (exact) mass is 254 g/mol. The van der Waals surface area contributed by atoms with E-state index in [4.69, 9.17) is 19.9 Å². The minimum atomic E-state index is -0.517. The Morgan fingerprint density at radius 2 is 2.22 bits per heavy atom. The fourth-order valence-corrected chi connectivity index (χ4v) is 1.53. The number of aromatic nitrogens is 1. The molecule has 0 amide bonds. The van der Waals surface area contributed by atoms with Crippen LogP contribution in [0.5, 0.6) is 5.88 Å². The van der Waals surface area contributed by atoms with E-state index in [1.165, 1.54) is 0 Å². The first-order valence-electron chi connectivity index (χ1n) is 6.21. The van der Waals surface area contributed by atoms with Gasteiger partial charge in [-0.3, -0.25) is 0 Å². The van der Waals surface area contributed by atoms with Crippen LogP contribution in [0.1, 0.15) is 27.7 Å². The van der Waals surface area contributed by atoms with Gasteiger partial charge in [-0.25, -0.2) is 4.98 Å². The summed E-state index contributed by atoms with van der Waals surface area (Å²) in [4.78, 5) is 4.04. The molecule has 1 aromatic rings. The molecule has 0 aliphatic carbocycles. The predicted octanol–water partition coefficient (Wildman–Crippen LogP) is 2.22. The Balaban J connectivity index is 0.000000771. The van der Waals surface area contributed by atoms with Gasteiger partial charge in [-0.15, -0.1) is 0 Å². The standard InChI is InChI=1S/C11H16N2O3.C2H6/c1-11(2)15-7-9(16-11)6-14-10-5-8(12)3-4-13-10;1-2/h3-5,9H,6-7H2,1-2H3,(H2,12,13);1-2H3. The fraction of sp³-hybridized carbons (Fsp3) is 0.615. The summed E-state index contributed by atoms with van der Waals surface area (Å²) in [6.45, 7) is 8.71. The number of pyridine rings is 1. The molecule has 2 rings (SSSR count). The normalized spacial score (nSPS) is 21.0. The van der Waals surface area contributed by atoms with Crippen molar-refractivity contribution in [1.82, 2.24) is 4.98 Å². The van der Waals surface area contributed by atoms with Crippen molar-refractivity contribution in [2.75, 3.05) is 18.9 Å². The number of anilines is 1. The van der Waals surface area contributed by atoms with Gasteiger partial charge < -0.3 is 19.9 Å². The maximum atomic E-state index is 5.61. The Labute approximate surface area is 108 Å². The summed E-state index contributed by atoms with van der Waals surface area (Å²) in [5, 5.41) is 0. The van der Waals surface area contributed by atoms with Crippen LogP contribution in [0.4, 0.5) is 5.69 Å². The molecule has 0 bridgehead atoms. The van der Waals surface area contributed by atoms with Crippen LogP contribution >= 0.6 is 0 Å². The van der Waals surface area contributed by atoms with E-state index in [-0.39, 0.29) is 6.10 Å². The molecule has 102 valence electrons. The van der Waals surface area contributed by atoms with E-state index < -0.39 is 5.79 Å². The van der Waals surface area contributed by atoms with Crippen LogP contribution in [0.3, 0.4) is 0 Å². The lowest BCUT2D eigenvalue weighted by molar-refractivity contribution is -0.141. The molecule has 1 atom stereocenters. The van der Waals surface area contributed by atoms with Gasteiger partial charge in [-0.1, -0.05) is 13.8 Å². The van der Waals surface area contributed by atoms with Crippen molar-refractivity contribution < 1.29 is 14.2 Å². The van der Waals surface area contributed by atoms with E-state index in [0.29, 0.717) is 24.8 Å². The molecule has 5 heteroatoms. The van der Waals surface area contributed by atoms with E-state index in [1.807, 2.05) is 27.7 Å². The third-order valence-corrected chi connectivity index (χ3v) is 2.24. The van der Waals surface area contributed by atoms with E-state index in [9.17, 15) is 0 Å². The third-order valence-electron chi connectivity index (χ3n) is 2.24. The number of nitrogen functional groups attached to an aromatic ring is 1. The highest BCUT2D eigenvalue weighted by Crippen LogP contribution is 2.22. The molecule has 0 radical (unpaired) electrons. The van der Waals surface area contributed by atoms with E-state index in [1.54, 1.807) is 18.3 Å². The summed E-state index contributed by atoms with van der Waals surface area (Å²) in [5.74, 6) is -0.00900. The van der Waals surface area contributed by atoms with Gasteiger partial charge in [-0.2, -0.15) is 0 Å². The van der Waals surface area contributed by atoms with Crippen LogP contribution in [0, 0.1) is 0 Å². The van der Waals surface area contributed by atoms with Crippen molar-refractivity contribution in [1.29, 1.82) is 0 Å². The second-order valence-corrected chi connectivity index (χ2v) is 4.19. The van der Waals surface area contributed by atoms with Crippen molar-refractivity contribution in [3.8, 4) is 5.88 Å². The number of hydrogen-bond donors (Lipinski definition) is 1. The molecule has 0 spiro atoms. The molecule has 0 aromatic carbocycles. The van der Waals surface area contributed by atoms with Gasteiger partial charge in [0, 0.05) is 18.0 Å². The summed E-state index contributed by atoms with van der Waals surface area (Å²) >= 11 is 0. The van der Waals surface area contributed by atoms with Gasteiger partial charge in [0.2, 0.25) is 5.88 Å². The molecule has 5 nitrogen and oxygen atoms in total. The average Bonchev–Trinajstić information content (AvgIpc) is 2.69. The molecule has 1 fully saturated rings. The highest BCUT2D eigenvalue weighted by Gasteiger charge is 2.32. The van der Waals surface area contributed by atoms with Gasteiger partial charge in [-0.05, 0) is 19.9 Å². The van der Waals surface area contributed by atoms with Crippen LogP contribution in [-0.4, -0.2) is 30.1 Å². The van der Waals surface area contributed by atoms with Gasteiger partial charge in [0.05, 0.1) is 6.61 Å². The molecule has 1 aromatic heterocycles. The van der Waals surface area contributed by atoms with Crippen LogP contribution < -0.4 is 10.5 Å². The first kappa shape index (κ1) is 14.7. The fourth-order valence-electron chi connectivity index (χ4n) is 1.53. The Bertz CT molecular complexity index is 369. The van der Waals surface area contributed by atoms with E-state index in [2.05, 4.69) is 4.98 Å². The van der Waals surface area contributed by atoms with Gasteiger partial charge in [0.25, 0.3) is 0 Å². The Kier molecular flexibility index (Phi) is 5.37. The minimum absolute atomic E-state index is 0.0572. The first-order chi connectivity index (χ1) is 8.55. The maximum absolute atomic E-state index is 5.61.